The normalized spacial score (nSPS) is 11.4. The van der Waals surface area contributed by atoms with Crippen molar-refractivity contribution in [2.45, 2.75) is 25.9 Å². The molecule has 0 spiro atoms. The lowest BCUT2D eigenvalue weighted by Gasteiger charge is -2.08. The quantitative estimate of drug-likeness (QED) is 0.591. The molecule has 0 fully saturated rings. The number of hydrogen-bond donors (Lipinski definition) is 1. The number of aryl methyl sites for hydroxylation is 1. The topological polar surface area (TPSA) is 55.4 Å². The molecule has 4 nitrogen and oxygen atoms in total. The summed E-state index contributed by atoms with van der Waals surface area (Å²) in [4.78, 5) is 24.8. The first-order valence-electron chi connectivity index (χ1n) is 6.29. The molecule has 21 heavy (non-hydrogen) atoms. The van der Waals surface area contributed by atoms with E-state index in [0.29, 0.717) is 4.88 Å². The van der Waals surface area contributed by atoms with Gasteiger partial charge in [-0.1, -0.05) is 0 Å². The average Bonchev–Trinajstić information content (AvgIpc) is 2.81. The summed E-state index contributed by atoms with van der Waals surface area (Å²) in [5.74, 6) is -0.496. The number of hydrogen-bond acceptors (Lipinski definition) is 4. The largest absolute Gasteiger partial charge is 0.411 e. The first-order valence-corrected chi connectivity index (χ1v) is 7.10. The monoisotopic (exact) mass is 323 g/mol. The summed E-state index contributed by atoms with van der Waals surface area (Å²) < 4.78 is 39.6. The number of thiophene rings is 1. The summed E-state index contributed by atoms with van der Waals surface area (Å²) in [6.45, 7) is 0.318. The third kappa shape index (κ3) is 7.81. The van der Waals surface area contributed by atoms with Gasteiger partial charge in [0.2, 0.25) is 5.91 Å². The van der Waals surface area contributed by atoms with E-state index < -0.39 is 12.8 Å². The van der Waals surface area contributed by atoms with E-state index in [1.165, 1.54) is 11.3 Å². The molecule has 1 rings (SSSR count). The van der Waals surface area contributed by atoms with Gasteiger partial charge in [0, 0.05) is 24.3 Å². The second-order valence-electron chi connectivity index (χ2n) is 4.35. The van der Waals surface area contributed by atoms with Crippen LogP contribution in [0.3, 0.4) is 0 Å². The van der Waals surface area contributed by atoms with E-state index in [2.05, 4.69) is 10.1 Å². The molecule has 8 heteroatoms. The molecule has 1 aromatic rings. The van der Waals surface area contributed by atoms with Crippen LogP contribution in [0, 0.1) is 6.92 Å². The fourth-order valence-corrected chi connectivity index (χ4v) is 2.31. The number of carbonyl (C=O) groups excluding carboxylic acids is 2. The number of ketones is 1. The van der Waals surface area contributed by atoms with Gasteiger partial charge in [0.25, 0.3) is 0 Å². The van der Waals surface area contributed by atoms with Crippen LogP contribution in [0.4, 0.5) is 13.2 Å². The van der Waals surface area contributed by atoms with Crippen molar-refractivity contribution in [1.29, 1.82) is 0 Å². The first-order chi connectivity index (χ1) is 9.78. The Balaban J connectivity index is 2.13. The smallest absolute Gasteiger partial charge is 0.370 e. The van der Waals surface area contributed by atoms with Crippen molar-refractivity contribution in [3.63, 3.8) is 0 Å². The number of ether oxygens (including phenoxy) is 1. The molecule has 0 aliphatic carbocycles. The molecule has 0 radical (unpaired) electrons. The number of Topliss-reactive ketones (excluding diaryl/α,β-unsaturated/α-hetero) is 1. The maximum Gasteiger partial charge on any atom is 0.411 e. The van der Waals surface area contributed by atoms with Gasteiger partial charge in [-0.25, -0.2) is 0 Å². The molecule has 0 aliphatic heterocycles. The minimum atomic E-state index is -4.37. The second-order valence-corrected chi connectivity index (χ2v) is 5.64. The third-order valence-corrected chi connectivity index (χ3v) is 3.47. The van der Waals surface area contributed by atoms with E-state index >= 15 is 0 Å². The lowest BCUT2D eigenvalue weighted by molar-refractivity contribution is -0.173. The molecule has 0 bridgehead atoms. The van der Waals surface area contributed by atoms with Crippen LogP contribution in [0.2, 0.25) is 0 Å². The predicted octanol–water partition coefficient (Wildman–Crippen LogP) is 2.71. The minimum Gasteiger partial charge on any atom is -0.370 e. The number of carbonyl (C=O) groups is 2. The summed E-state index contributed by atoms with van der Waals surface area (Å²) in [5.41, 5.74) is 0. The molecular formula is C13H16F3NO3S. The molecule has 0 aromatic carbocycles. The van der Waals surface area contributed by atoms with Crippen molar-refractivity contribution in [2.24, 2.45) is 0 Å². The van der Waals surface area contributed by atoms with E-state index in [0.717, 1.165) is 4.88 Å². The van der Waals surface area contributed by atoms with Gasteiger partial charge in [-0.3, -0.25) is 9.59 Å². The summed E-state index contributed by atoms with van der Waals surface area (Å²) in [6.07, 6.45) is -4.28. The molecule has 1 heterocycles. The average molecular weight is 323 g/mol. The van der Waals surface area contributed by atoms with E-state index in [9.17, 15) is 22.8 Å². The van der Waals surface area contributed by atoms with Crippen LogP contribution >= 0.6 is 11.3 Å². The van der Waals surface area contributed by atoms with Crippen LogP contribution in [0.25, 0.3) is 0 Å². The molecule has 1 aromatic heterocycles. The number of alkyl halides is 3. The Labute approximate surface area is 124 Å². The summed E-state index contributed by atoms with van der Waals surface area (Å²) in [7, 11) is 0. The molecule has 0 saturated heterocycles. The van der Waals surface area contributed by atoms with Crippen molar-refractivity contribution in [3.05, 3.63) is 21.9 Å². The maximum absolute atomic E-state index is 11.8. The van der Waals surface area contributed by atoms with Crippen LogP contribution in [0.1, 0.15) is 27.4 Å². The summed E-state index contributed by atoms with van der Waals surface area (Å²) in [6, 6.07) is 3.54. The fourth-order valence-electron chi connectivity index (χ4n) is 1.47. The molecule has 118 valence electrons. The molecule has 0 saturated carbocycles. The zero-order chi connectivity index (χ0) is 15.9. The maximum atomic E-state index is 11.8. The van der Waals surface area contributed by atoms with Gasteiger partial charge >= 0.3 is 6.18 Å². The SMILES string of the molecule is Cc1ccc(C(=O)CCC(=O)NCCOCC(F)(F)F)s1. The number of halogens is 3. The Morgan fingerprint density at radius 1 is 1.29 bits per heavy atom. The van der Waals surface area contributed by atoms with Gasteiger partial charge in [-0.15, -0.1) is 11.3 Å². The third-order valence-electron chi connectivity index (χ3n) is 2.43. The van der Waals surface area contributed by atoms with E-state index in [4.69, 9.17) is 0 Å². The fraction of sp³-hybridized carbons (Fsp3) is 0.538. The van der Waals surface area contributed by atoms with Crippen molar-refractivity contribution in [3.8, 4) is 0 Å². The molecular weight excluding hydrogens is 307 g/mol. The minimum absolute atomic E-state index is 0.00898. The van der Waals surface area contributed by atoms with E-state index in [-0.39, 0.29) is 37.7 Å². The first kappa shape index (κ1) is 17.6. The van der Waals surface area contributed by atoms with Gasteiger partial charge in [0.15, 0.2) is 5.78 Å². The van der Waals surface area contributed by atoms with Gasteiger partial charge < -0.3 is 10.1 Å². The zero-order valence-electron chi connectivity index (χ0n) is 11.5. The second kappa shape index (κ2) is 8.14. The highest BCUT2D eigenvalue weighted by Crippen LogP contribution is 2.17. The Hall–Kier alpha value is -1.41. The zero-order valence-corrected chi connectivity index (χ0v) is 12.3. The highest BCUT2D eigenvalue weighted by molar-refractivity contribution is 7.14. The van der Waals surface area contributed by atoms with Gasteiger partial charge in [-0.2, -0.15) is 13.2 Å². The Kier molecular flexibility index (Phi) is 6.83. The molecule has 1 N–H and O–H groups in total. The van der Waals surface area contributed by atoms with Crippen molar-refractivity contribution in [1.82, 2.24) is 5.32 Å². The molecule has 0 aliphatic rings. The predicted molar refractivity (Wildman–Crippen MR) is 72.5 cm³/mol. The number of nitrogens with one attached hydrogen (secondary N) is 1. The molecule has 1 amide bonds. The summed E-state index contributed by atoms with van der Waals surface area (Å²) >= 11 is 1.37. The number of amides is 1. The number of rotatable bonds is 8. The van der Waals surface area contributed by atoms with Crippen LogP contribution in [-0.4, -0.2) is 37.6 Å². The van der Waals surface area contributed by atoms with Crippen LogP contribution in [0.5, 0.6) is 0 Å². The lowest BCUT2D eigenvalue weighted by atomic mass is 10.2. The molecule has 0 unspecified atom stereocenters. The van der Waals surface area contributed by atoms with Gasteiger partial charge in [-0.05, 0) is 19.1 Å². The van der Waals surface area contributed by atoms with E-state index in [1.54, 1.807) is 6.07 Å². The Bertz CT molecular complexity index is 485. The Morgan fingerprint density at radius 3 is 2.57 bits per heavy atom. The van der Waals surface area contributed by atoms with Crippen LogP contribution in [0.15, 0.2) is 12.1 Å². The summed E-state index contributed by atoms with van der Waals surface area (Å²) in [5, 5.41) is 2.40. The highest BCUT2D eigenvalue weighted by atomic mass is 32.1. The molecule has 0 atom stereocenters. The Morgan fingerprint density at radius 2 is 2.00 bits per heavy atom. The van der Waals surface area contributed by atoms with Crippen molar-refractivity contribution < 1.29 is 27.5 Å². The van der Waals surface area contributed by atoms with Gasteiger partial charge in [0.1, 0.15) is 6.61 Å². The van der Waals surface area contributed by atoms with Crippen LogP contribution < -0.4 is 5.32 Å². The standard InChI is InChI=1S/C13H16F3NO3S/c1-9-2-4-11(21-9)10(18)3-5-12(19)17-6-7-20-8-13(14,15)16/h2,4H,3,5-8H2,1H3,(H,17,19). The van der Waals surface area contributed by atoms with E-state index in [1.807, 2.05) is 13.0 Å². The van der Waals surface area contributed by atoms with Crippen LogP contribution in [-0.2, 0) is 9.53 Å². The van der Waals surface area contributed by atoms with Crippen molar-refractivity contribution in [2.75, 3.05) is 19.8 Å². The highest BCUT2D eigenvalue weighted by Gasteiger charge is 2.27. The lowest BCUT2D eigenvalue weighted by Crippen LogP contribution is -2.29. The van der Waals surface area contributed by atoms with Gasteiger partial charge in [0.05, 0.1) is 11.5 Å². The van der Waals surface area contributed by atoms with Crippen molar-refractivity contribution >= 4 is 23.0 Å².